The van der Waals surface area contributed by atoms with E-state index in [-0.39, 0.29) is 59.3 Å². The molecule has 50 heavy (non-hydrogen) atoms. The summed E-state index contributed by atoms with van der Waals surface area (Å²) in [6.45, 7) is 1.07. The maximum Gasteiger partial charge on any atom is 1.00 e. The number of nitrogens with zero attached hydrogens (tertiary/aromatic N) is 4. The number of benzene rings is 2. The minimum atomic E-state index is -0.622. The van der Waals surface area contributed by atoms with E-state index in [1.165, 1.54) is 39.0 Å². The van der Waals surface area contributed by atoms with Gasteiger partial charge < -0.3 is 38.6 Å². The zero-order chi connectivity index (χ0) is 35.1. The van der Waals surface area contributed by atoms with Crippen LogP contribution in [0, 0.1) is 6.07 Å². The van der Waals surface area contributed by atoms with Crippen LogP contribution in [0.1, 0.15) is 23.0 Å². The van der Waals surface area contributed by atoms with Gasteiger partial charge in [0.15, 0.2) is 12.6 Å². The predicted octanol–water partition coefficient (Wildman–Crippen LogP) is 2.77. The average molecular weight is 765 g/mol. The maximum absolute atomic E-state index is 10.6. The molecule has 266 valence electrons. The van der Waals surface area contributed by atoms with E-state index in [0.717, 1.165) is 11.1 Å². The first kappa shape index (κ1) is 47.0. The van der Waals surface area contributed by atoms with Gasteiger partial charge in [-0.25, -0.2) is 19.9 Å². The largest absolute Gasteiger partial charge is 1.00 e. The monoisotopic (exact) mass is 763 g/mol. The van der Waals surface area contributed by atoms with Crippen molar-refractivity contribution in [1.29, 1.82) is 0 Å². The van der Waals surface area contributed by atoms with Crippen LogP contribution in [-0.2, 0) is 38.0 Å². The Morgan fingerprint density at radius 2 is 1.20 bits per heavy atom. The Bertz CT molecular complexity index is 1480. The quantitative estimate of drug-likeness (QED) is 0.0534. The second-order valence-corrected chi connectivity index (χ2v) is 10.2. The molecule has 2 heterocycles. The van der Waals surface area contributed by atoms with Gasteiger partial charge in [-0.05, 0) is 6.07 Å². The van der Waals surface area contributed by atoms with Crippen molar-refractivity contribution in [2.75, 3.05) is 41.7 Å². The van der Waals surface area contributed by atoms with Gasteiger partial charge in [-0.15, -0.1) is 0 Å². The second kappa shape index (κ2) is 27.7. The predicted molar refractivity (Wildman–Crippen MR) is 178 cm³/mol. The third-order valence-electron chi connectivity index (χ3n) is 6.15. The van der Waals surface area contributed by atoms with Gasteiger partial charge in [-0.3, -0.25) is 9.59 Å². The molecule has 18 heteroatoms. The first-order chi connectivity index (χ1) is 23.3. The Labute approximate surface area is 327 Å². The summed E-state index contributed by atoms with van der Waals surface area (Å²) in [5.41, 5.74) is 1.63. The van der Waals surface area contributed by atoms with Crippen molar-refractivity contribution >= 4 is 47.7 Å². The van der Waals surface area contributed by atoms with Gasteiger partial charge in [0.1, 0.15) is 47.1 Å². The minimum Gasteiger partial charge on any atom is -0.870 e. The minimum absolute atomic E-state index is 0. The topological polar surface area (TPSA) is 180 Å². The fourth-order valence-corrected chi connectivity index (χ4v) is 4.57. The van der Waals surface area contributed by atoms with Crippen LogP contribution in [0.2, 0.25) is 15.5 Å². The summed E-state index contributed by atoms with van der Waals surface area (Å²) in [7, 11) is 6.11. The number of halogens is 3. The standard InChI is InChI=1S/C16H17ClN2O5.C12H15O4.C4H2Cl2N2.Na.H2O/c1-21-16(22-2)12(8-23-10-20)11-5-3-4-6-13(11)24-15-7-14(17)18-9-19-15;1-14-12(15-2)11(8-16-9-13)10-6-4-3-5-7-10;5-3-1-4(6)8-2-7-3;;/h3-7,9-10,12,16H,8H2,1-2H3;3-6,9,11-12H,8H2,1-2H3;1-2H;;1H2/q;-1;;+1;/p-1. The smallest absolute Gasteiger partial charge is 0.870 e. The molecule has 0 spiro atoms. The number of carbonyl (C=O) groups excluding carboxylic acids is 2. The molecule has 4 aromatic rings. The van der Waals surface area contributed by atoms with Crippen LogP contribution >= 0.6 is 34.8 Å². The van der Waals surface area contributed by atoms with Crippen LogP contribution in [-0.4, -0.2) is 92.6 Å². The first-order valence-electron chi connectivity index (χ1n) is 13.9. The van der Waals surface area contributed by atoms with Gasteiger partial charge in [0, 0.05) is 52.1 Å². The van der Waals surface area contributed by atoms with E-state index in [2.05, 4.69) is 26.0 Å². The molecule has 2 unspecified atom stereocenters. The maximum atomic E-state index is 10.6. The van der Waals surface area contributed by atoms with Crippen molar-refractivity contribution in [3.8, 4) is 11.6 Å². The van der Waals surface area contributed by atoms with E-state index in [9.17, 15) is 9.59 Å². The molecule has 2 aromatic heterocycles. The van der Waals surface area contributed by atoms with Crippen molar-refractivity contribution < 1.29 is 77.8 Å². The van der Waals surface area contributed by atoms with Gasteiger partial charge in [0.25, 0.3) is 12.9 Å². The van der Waals surface area contributed by atoms with Gasteiger partial charge in [0.2, 0.25) is 5.88 Å². The summed E-state index contributed by atoms with van der Waals surface area (Å²) < 4.78 is 36.5. The van der Waals surface area contributed by atoms with Crippen molar-refractivity contribution in [1.82, 2.24) is 19.9 Å². The van der Waals surface area contributed by atoms with Crippen LogP contribution in [0.4, 0.5) is 0 Å². The summed E-state index contributed by atoms with van der Waals surface area (Å²) in [4.78, 5) is 35.9. The Hall–Kier alpha value is -2.99. The molecule has 2 atom stereocenters. The molecule has 0 saturated heterocycles. The van der Waals surface area contributed by atoms with Crippen LogP contribution in [0.25, 0.3) is 0 Å². The van der Waals surface area contributed by atoms with Crippen LogP contribution in [0.15, 0.2) is 73.3 Å². The fourth-order valence-electron chi connectivity index (χ4n) is 4.08. The van der Waals surface area contributed by atoms with E-state index in [4.69, 9.17) is 68.0 Å². The SMILES string of the molecule is COC(OC)C(COC=O)c1[c-]cccc1.COC(OC)C(COC=O)c1ccccc1Oc1cc(Cl)ncn1.Clc1cc(Cl)ncn1.[Na+].[OH-]. The van der Waals surface area contributed by atoms with Gasteiger partial charge in [-0.2, -0.15) is 35.9 Å². The Balaban J connectivity index is 0.000000795. The summed E-state index contributed by atoms with van der Waals surface area (Å²) in [6.07, 6.45) is 1.53. The zero-order valence-electron chi connectivity index (χ0n) is 27.9. The number of aromatic nitrogens is 4. The molecule has 14 nitrogen and oxygen atoms in total. The van der Waals surface area contributed by atoms with Gasteiger partial charge in [-0.1, -0.05) is 53.0 Å². The molecule has 0 bridgehead atoms. The van der Waals surface area contributed by atoms with E-state index >= 15 is 0 Å². The van der Waals surface area contributed by atoms with Crippen molar-refractivity contribution in [2.45, 2.75) is 24.4 Å². The third kappa shape index (κ3) is 16.8. The number of para-hydroxylation sites is 1. The molecule has 0 aliphatic rings. The van der Waals surface area contributed by atoms with E-state index in [0.29, 0.717) is 34.9 Å². The molecule has 0 radical (unpaired) electrons. The molecule has 4 rings (SSSR count). The van der Waals surface area contributed by atoms with Crippen LogP contribution < -0.4 is 34.3 Å². The molecule has 0 fully saturated rings. The number of hydrogen-bond acceptors (Lipinski definition) is 14. The zero-order valence-corrected chi connectivity index (χ0v) is 32.1. The first-order valence-corrected chi connectivity index (χ1v) is 15.0. The van der Waals surface area contributed by atoms with Gasteiger partial charge in [0.05, 0.1) is 5.92 Å². The van der Waals surface area contributed by atoms with Crippen LogP contribution in [0.3, 0.4) is 0 Å². The molecule has 0 aliphatic carbocycles. The average Bonchev–Trinajstić information content (AvgIpc) is 3.10. The molecular weight excluding hydrogens is 730 g/mol. The summed E-state index contributed by atoms with van der Waals surface area (Å²) in [6, 6.07) is 20.7. The van der Waals surface area contributed by atoms with Crippen molar-refractivity contribution in [3.05, 3.63) is 106 Å². The number of methoxy groups -OCH3 is 4. The molecular formula is C32H35Cl3N4NaO10-. The number of ether oxygens (including phenoxy) is 7. The Morgan fingerprint density at radius 3 is 1.68 bits per heavy atom. The van der Waals surface area contributed by atoms with E-state index in [1.807, 2.05) is 36.4 Å². The summed E-state index contributed by atoms with van der Waals surface area (Å²) in [5.74, 6) is 0.245. The summed E-state index contributed by atoms with van der Waals surface area (Å²) >= 11 is 16.7. The van der Waals surface area contributed by atoms with Crippen molar-refractivity contribution in [2.24, 2.45) is 0 Å². The van der Waals surface area contributed by atoms with Crippen LogP contribution in [0.5, 0.6) is 11.6 Å². The Morgan fingerprint density at radius 1 is 0.700 bits per heavy atom. The summed E-state index contributed by atoms with van der Waals surface area (Å²) in [5, 5.41) is 1.000. The third-order valence-corrected chi connectivity index (χ3v) is 6.77. The molecule has 1 N–H and O–H groups in total. The number of hydrogen-bond donors (Lipinski definition) is 0. The van der Waals surface area contributed by atoms with E-state index < -0.39 is 18.5 Å². The Kier molecular flexibility index (Phi) is 26.0. The number of rotatable bonds is 16. The molecule has 0 saturated carbocycles. The fraction of sp³-hybridized carbons (Fsp3) is 0.312. The van der Waals surface area contributed by atoms with E-state index in [1.54, 1.807) is 26.4 Å². The molecule has 2 aromatic carbocycles. The molecule has 0 amide bonds. The van der Waals surface area contributed by atoms with Crippen molar-refractivity contribution in [3.63, 3.8) is 0 Å². The number of carbonyl (C=O) groups is 2. The van der Waals surface area contributed by atoms with Gasteiger partial charge >= 0.3 is 29.6 Å². The second-order valence-electron chi connectivity index (χ2n) is 9.05. The molecule has 0 aliphatic heterocycles. The normalized spacial score (nSPS) is 11.2.